The molecule has 0 saturated carbocycles. The summed E-state index contributed by atoms with van der Waals surface area (Å²) in [5.74, 6) is -0.185. The van der Waals surface area contributed by atoms with Gasteiger partial charge in [-0.2, -0.15) is 0 Å². The molecular weight excluding hydrogens is 304 g/mol. The first-order valence-electron chi connectivity index (χ1n) is 7.88. The van der Waals surface area contributed by atoms with Crippen molar-refractivity contribution in [3.05, 3.63) is 59.7 Å². The van der Waals surface area contributed by atoms with Gasteiger partial charge in [0.05, 0.1) is 11.6 Å². The molecule has 3 aromatic rings. The zero-order chi connectivity index (χ0) is 17.1. The maximum Gasteiger partial charge on any atom is 0.251 e. The monoisotopic (exact) mass is 324 g/mol. The number of aliphatic hydroxyl groups excluding tert-OH is 1. The number of nitrogens with zero attached hydrogens (tertiary/aromatic N) is 3. The average molecular weight is 324 g/mol. The number of aliphatic hydroxyl groups is 1. The van der Waals surface area contributed by atoms with E-state index in [1.807, 2.05) is 50.4 Å². The first-order valence-corrected chi connectivity index (χ1v) is 7.88. The maximum absolute atomic E-state index is 12.4. The van der Waals surface area contributed by atoms with Crippen LogP contribution < -0.4 is 5.32 Å². The summed E-state index contributed by atoms with van der Waals surface area (Å²) in [6.45, 7) is 1.88. The lowest BCUT2D eigenvalue weighted by Crippen LogP contribution is -2.33. The number of carbonyl (C=O) groups is 1. The lowest BCUT2D eigenvalue weighted by molar-refractivity contribution is 0.0917. The minimum absolute atomic E-state index is 0.162. The van der Waals surface area contributed by atoms with Crippen molar-refractivity contribution < 1.29 is 9.90 Å². The molecule has 0 fully saturated rings. The molecular formula is C18H20N4O2. The molecule has 0 radical (unpaired) electrons. The van der Waals surface area contributed by atoms with Gasteiger partial charge in [0.1, 0.15) is 5.52 Å². The van der Waals surface area contributed by atoms with Crippen molar-refractivity contribution in [2.24, 2.45) is 7.05 Å². The third-order valence-corrected chi connectivity index (χ3v) is 4.01. The van der Waals surface area contributed by atoms with Gasteiger partial charge in [-0.15, -0.1) is 5.10 Å². The molecule has 6 nitrogen and oxygen atoms in total. The van der Waals surface area contributed by atoms with Crippen molar-refractivity contribution in [2.45, 2.75) is 25.5 Å². The van der Waals surface area contributed by atoms with Gasteiger partial charge in [0.15, 0.2) is 0 Å². The molecule has 0 aliphatic rings. The van der Waals surface area contributed by atoms with Crippen LogP contribution in [0, 0.1) is 0 Å². The van der Waals surface area contributed by atoms with Gasteiger partial charge in [0.2, 0.25) is 0 Å². The molecule has 2 aromatic carbocycles. The zero-order valence-corrected chi connectivity index (χ0v) is 13.7. The van der Waals surface area contributed by atoms with E-state index in [2.05, 4.69) is 15.6 Å². The Morgan fingerprint density at radius 2 is 2.00 bits per heavy atom. The van der Waals surface area contributed by atoms with Gasteiger partial charge in [-0.25, -0.2) is 4.68 Å². The smallest absolute Gasteiger partial charge is 0.251 e. The zero-order valence-electron chi connectivity index (χ0n) is 13.7. The third-order valence-electron chi connectivity index (χ3n) is 4.01. The second kappa shape index (κ2) is 6.80. The predicted molar refractivity (Wildman–Crippen MR) is 91.5 cm³/mol. The van der Waals surface area contributed by atoms with Crippen LogP contribution in [0.25, 0.3) is 11.0 Å². The Morgan fingerprint density at radius 3 is 2.75 bits per heavy atom. The fourth-order valence-corrected chi connectivity index (χ4v) is 2.69. The van der Waals surface area contributed by atoms with Crippen LogP contribution in [-0.2, 0) is 7.05 Å². The molecule has 0 aliphatic heterocycles. The Kier molecular flexibility index (Phi) is 4.57. The number of nitrogens with one attached hydrogen (secondary N) is 1. The van der Waals surface area contributed by atoms with Crippen LogP contribution in [0.3, 0.4) is 0 Å². The van der Waals surface area contributed by atoms with Crippen LogP contribution >= 0.6 is 0 Å². The molecule has 124 valence electrons. The molecule has 1 amide bonds. The van der Waals surface area contributed by atoms with Crippen molar-refractivity contribution in [2.75, 3.05) is 0 Å². The largest absolute Gasteiger partial charge is 0.388 e. The van der Waals surface area contributed by atoms with E-state index in [9.17, 15) is 9.90 Å². The van der Waals surface area contributed by atoms with E-state index in [0.29, 0.717) is 17.5 Å². The Bertz CT molecular complexity index is 845. The van der Waals surface area contributed by atoms with Crippen molar-refractivity contribution >= 4 is 16.9 Å². The maximum atomic E-state index is 12.4. The highest BCUT2D eigenvalue weighted by Gasteiger charge is 2.16. The van der Waals surface area contributed by atoms with Crippen LogP contribution in [0.15, 0.2) is 48.5 Å². The normalized spacial score (nSPS) is 13.6. The third kappa shape index (κ3) is 3.44. The molecule has 0 unspecified atom stereocenters. The summed E-state index contributed by atoms with van der Waals surface area (Å²) in [6, 6.07) is 14.6. The number of carbonyl (C=O) groups excluding carboxylic acids is 1. The van der Waals surface area contributed by atoms with E-state index in [1.54, 1.807) is 16.8 Å². The highest BCUT2D eigenvalue weighted by Crippen LogP contribution is 2.18. The summed E-state index contributed by atoms with van der Waals surface area (Å²) < 4.78 is 1.66. The van der Waals surface area contributed by atoms with Crippen molar-refractivity contribution in [3.8, 4) is 0 Å². The Morgan fingerprint density at radius 1 is 1.25 bits per heavy atom. The number of hydrogen-bond acceptors (Lipinski definition) is 4. The number of hydrogen-bond donors (Lipinski definition) is 2. The van der Waals surface area contributed by atoms with E-state index < -0.39 is 6.10 Å². The SMILES string of the molecule is C[C@H](C[C@H](O)c1ccccc1)NC(=O)c1ccc2c(c1)nnn2C. The van der Waals surface area contributed by atoms with Gasteiger partial charge >= 0.3 is 0 Å². The van der Waals surface area contributed by atoms with Crippen LogP contribution in [0.4, 0.5) is 0 Å². The summed E-state index contributed by atoms with van der Waals surface area (Å²) in [4.78, 5) is 12.4. The summed E-state index contributed by atoms with van der Waals surface area (Å²) in [7, 11) is 1.81. The van der Waals surface area contributed by atoms with E-state index in [-0.39, 0.29) is 11.9 Å². The molecule has 1 heterocycles. The van der Waals surface area contributed by atoms with E-state index >= 15 is 0 Å². The lowest BCUT2D eigenvalue weighted by atomic mass is 10.0. The van der Waals surface area contributed by atoms with E-state index in [1.165, 1.54) is 0 Å². The summed E-state index contributed by atoms with van der Waals surface area (Å²) in [5, 5.41) is 21.1. The van der Waals surface area contributed by atoms with Crippen LogP contribution in [-0.4, -0.2) is 32.0 Å². The Hall–Kier alpha value is -2.73. The van der Waals surface area contributed by atoms with Crippen LogP contribution in [0.2, 0.25) is 0 Å². The Balaban J connectivity index is 1.64. The first-order chi connectivity index (χ1) is 11.5. The van der Waals surface area contributed by atoms with E-state index in [4.69, 9.17) is 0 Å². The predicted octanol–water partition coefficient (Wildman–Crippen LogP) is 2.21. The highest BCUT2D eigenvalue weighted by atomic mass is 16.3. The van der Waals surface area contributed by atoms with Crippen LogP contribution in [0.1, 0.15) is 35.4 Å². The summed E-state index contributed by atoms with van der Waals surface area (Å²) >= 11 is 0. The molecule has 3 rings (SSSR count). The molecule has 1 aromatic heterocycles. The number of rotatable bonds is 5. The summed E-state index contributed by atoms with van der Waals surface area (Å²) in [5.41, 5.74) is 2.94. The van der Waals surface area contributed by atoms with Crippen molar-refractivity contribution in [1.29, 1.82) is 0 Å². The molecule has 24 heavy (non-hydrogen) atoms. The molecule has 0 spiro atoms. The fraction of sp³-hybridized carbons (Fsp3) is 0.278. The average Bonchev–Trinajstić information content (AvgIpc) is 2.96. The van der Waals surface area contributed by atoms with Gasteiger partial charge in [0, 0.05) is 18.7 Å². The minimum Gasteiger partial charge on any atom is -0.388 e. The van der Waals surface area contributed by atoms with Crippen LogP contribution in [0.5, 0.6) is 0 Å². The molecule has 6 heteroatoms. The van der Waals surface area contributed by atoms with Gasteiger partial charge in [-0.1, -0.05) is 35.5 Å². The molecule has 0 bridgehead atoms. The minimum atomic E-state index is -0.607. The number of aromatic nitrogens is 3. The van der Waals surface area contributed by atoms with Gasteiger partial charge in [-0.05, 0) is 37.1 Å². The van der Waals surface area contributed by atoms with Gasteiger partial charge in [0.25, 0.3) is 5.91 Å². The summed E-state index contributed by atoms with van der Waals surface area (Å²) in [6.07, 6.45) is -0.160. The number of aryl methyl sites for hydroxylation is 1. The standard InChI is InChI=1S/C18H20N4O2/c1-12(10-17(23)13-6-4-3-5-7-13)19-18(24)14-8-9-16-15(11-14)20-21-22(16)2/h3-9,11-12,17,23H,10H2,1-2H3,(H,19,24)/t12-,17+/m1/s1. The quantitative estimate of drug-likeness (QED) is 0.754. The Labute approximate surface area is 140 Å². The molecule has 2 N–H and O–H groups in total. The van der Waals surface area contributed by atoms with Gasteiger partial charge < -0.3 is 10.4 Å². The second-order valence-corrected chi connectivity index (χ2v) is 5.95. The van der Waals surface area contributed by atoms with Crippen molar-refractivity contribution in [3.63, 3.8) is 0 Å². The van der Waals surface area contributed by atoms with Crippen molar-refractivity contribution in [1.82, 2.24) is 20.3 Å². The number of benzene rings is 2. The van der Waals surface area contributed by atoms with Gasteiger partial charge in [-0.3, -0.25) is 4.79 Å². The number of fused-ring (bicyclic) bond motifs is 1. The molecule has 0 aliphatic carbocycles. The van der Waals surface area contributed by atoms with E-state index in [0.717, 1.165) is 11.1 Å². The lowest BCUT2D eigenvalue weighted by Gasteiger charge is -2.18. The highest BCUT2D eigenvalue weighted by molar-refractivity contribution is 5.97. The fourth-order valence-electron chi connectivity index (χ4n) is 2.69. The first kappa shape index (κ1) is 16.1. The topological polar surface area (TPSA) is 80.0 Å². The molecule has 2 atom stereocenters. The number of amides is 1. The second-order valence-electron chi connectivity index (χ2n) is 5.95. The molecule has 0 saturated heterocycles.